The maximum atomic E-state index is 11.3. The van der Waals surface area contributed by atoms with Gasteiger partial charge in [0.05, 0.1) is 5.92 Å². The summed E-state index contributed by atoms with van der Waals surface area (Å²) >= 11 is 0. The molecule has 0 amide bonds. The van der Waals surface area contributed by atoms with Gasteiger partial charge in [0, 0.05) is 6.61 Å². The monoisotopic (exact) mass is 298 g/mol. The fraction of sp³-hybridized carbons (Fsp3) is 0.833. The number of unbranched alkanes of at least 4 members (excludes halogenated alkanes) is 3. The van der Waals surface area contributed by atoms with Gasteiger partial charge in [-0.05, 0) is 44.9 Å². The van der Waals surface area contributed by atoms with Gasteiger partial charge >= 0.3 is 5.97 Å². The lowest BCUT2D eigenvalue weighted by Crippen LogP contribution is -2.14. The zero-order valence-electron chi connectivity index (χ0n) is 14.1. The summed E-state index contributed by atoms with van der Waals surface area (Å²) in [5.41, 5.74) is 1.19. The van der Waals surface area contributed by atoms with Crippen LogP contribution in [-0.2, 0) is 4.79 Å². The molecule has 0 bridgehead atoms. The zero-order valence-corrected chi connectivity index (χ0v) is 14.1. The van der Waals surface area contributed by atoms with Gasteiger partial charge in [-0.2, -0.15) is 0 Å². The van der Waals surface area contributed by atoms with E-state index in [1.54, 1.807) is 0 Å². The minimum atomic E-state index is -0.659. The van der Waals surface area contributed by atoms with Crippen LogP contribution in [0.5, 0.6) is 0 Å². The van der Waals surface area contributed by atoms with E-state index in [2.05, 4.69) is 19.9 Å². The lowest BCUT2D eigenvalue weighted by Gasteiger charge is -2.13. The largest absolute Gasteiger partial charge is 0.481 e. The Kier molecular flexibility index (Phi) is 12.4. The molecule has 0 aliphatic carbocycles. The lowest BCUT2D eigenvalue weighted by molar-refractivity contribution is -0.142. The average Bonchev–Trinajstić information content (AvgIpc) is 2.42. The number of aliphatic hydroxyl groups excluding tert-OH is 1. The van der Waals surface area contributed by atoms with Gasteiger partial charge in [0.15, 0.2) is 0 Å². The first-order valence-corrected chi connectivity index (χ1v) is 8.50. The van der Waals surface area contributed by atoms with Crippen LogP contribution in [-0.4, -0.2) is 22.8 Å². The van der Waals surface area contributed by atoms with E-state index in [9.17, 15) is 9.90 Å². The average molecular weight is 298 g/mol. The van der Waals surface area contributed by atoms with Crippen LogP contribution in [0.2, 0.25) is 0 Å². The smallest absolute Gasteiger partial charge is 0.306 e. The van der Waals surface area contributed by atoms with Crippen LogP contribution in [0.15, 0.2) is 11.6 Å². The van der Waals surface area contributed by atoms with E-state index in [4.69, 9.17) is 5.11 Å². The van der Waals surface area contributed by atoms with Gasteiger partial charge in [0.1, 0.15) is 0 Å². The second-order valence-electron chi connectivity index (χ2n) is 6.33. The molecule has 0 aromatic heterocycles. The van der Waals surface area contributed by atoms with E-state index in [0.29, 0.717) is 12.3 Å². The van der Waals surface area contributed by atoms with Crippen molar-refractivity contribution in [2.24, 2.45) is 11.8 Å². The Hall–Kier alpha value is -0.830. The van der Waals surface area contributed by atoms with Crippen molar-refractivity contribution in [2.45, 2.75) is 78.6 Å². The van der Waals surface area contributed by atoms with Crippen LogP contribution >= 0.6 is 0 Å². The molecule has 0 fully saturated rings. The van der Waals surface area contributed by atoms with Gasteiger partial charge in [-0.3, -0.25) is 4.79 Å². The number of hydrogen-bond donors (Lipinski definition) is 2. The number of carbonyl (C=O) groups is 1. The molecule has 3 heteroatoms. The molecule has 0 rings (SSSR count). The van der Waals surface area contributed by atoms with E-state index < -0.39 is 5.97 Å². The van der Waals surface area contributed by atoms with E-state index in [1.807, 2.05) is 6.92 Å². The lowest BCUT2D eigenvalue weighted by atomic mass is 9.93. The van der Waals surface area contributed by atoms with Gasteiger partial charge in [0.2, 0.25) is 0 Å². The SMILES string of the molecule is CCCCCCC(C/C(C)=C/CC[C@H](C)CCO)C(=O)O. The molecule has 0 aliphatic rings. The minimum absolute atomic E-state index is 0.229. The quantitative estimate of drug-likeness (QED) is 0.379. The Morgan fingerprint density at radius 2 is 1.86 bits per heavy atom. The topological polar surface area (TPSA) is 57.5 Å². The number of carboxylic acid groups (broad SMARTS) is 1. The first-order valence-electron chi connectivity index (χ1n) is 8.50. The maximum Gasteiger partial charge on any atom is 0.306 e. The van der Waals surface area contributed by atoms with Crippen LogP contribution in [0.25, 0.3) is 0 Å². The van der Waals surface area contributed by atoms with Gasteiger partial charge in [0.25, 0.3) is 0 Å². The van der Waals surface area contributed by atoms with E-state index in [1.165, 1.54) is 18.4 Å². The molecule has 0 aromatic carbocycles. The van der Waals surface area contributed by atoms with Gasteiger partial charge in [-0.25, -0.2) is 0 Å². The predicted octanol–water partition coefficient (Wildman–Crippen LogP) is 4.79. The van der Waals surface area contributed by atoms with Crippen LogP contribution < -0.4 is 0 Å². The van der Waals surface area contributed by atoms with Gasteiger partial charge in [-0.1, -0.05) is 51.2 Å². The Bertz CT molecular complexity index is 297. The molecule has 21 heavy (non-hydrogen) atoms. The van der Waals surface area contributed by atoms with E-state index >= 15 is 0 Å². The third-order valence-electron chi connectivity index (χ3n) is 4.10. The van der Waals surface area contributed by atoms with Crippen molar-refractivity contribution in [3.63, 3.8) is 0 Å². The maximum absolute atomic E-state index is 11.3. The number of rotatable bonds is 13. The molecular formula is C18H34O3. The first-order chi connectivity index (χ1) is 10.0. The fourth-order valence-corrected chi connectivity index (χ4v) is 2.58. The molecule has 0 aromatic rings. The summed E-state index contributed by atoms with van der Waals surface area (Å²) in [6.45, 7) is 6.61. The highest BCUT2D eigenvalue weighted by Crippen LogP contribution is 2.20. The van der Waals surface area contributed by atoms with Crippen molar-refractivity contribution in [2.75, 3.05) is 6.61 Å². The standard InChI is InChI=1S/C18H34O3/c1-4-5-6-7-11-17(18(20)21)14-16(3)10-8-9-15(2)12-13-19/h10,15,17,19H,4-9,11-14H2,1-3H3,(H,20,21)/b16-10+/t15-,17?/m0/s1. The van der Waals surface area contributed by atoms with Gasteiger partial charge < -0.3 is 10.2 Å². The summed E-state index contributed by atoms with van der Waals surface area (Å²) < 4.78 is 0. The van der Waals surface area contributed by atoms with E-state index in [0.717, 1.165) is 38.5 Å². The Morgan fingerprint density at radius 3 is 2.43 bits per heavy atom. The number of carboxylic acids is 1. The summed E-state index contributed by atoms with van der Waals surface area (Å²) in [4.78, 5) is 11.3. The molecule has 124 valence electrons. The minimum Gasteiger partial charge on any atom is -0.481 e. The molecule has 1 unspecified atom stereocenters. The second-order valence-corrected chi connectivity index (χ2v) is 6.33. The summed E-state index contributed by atoms with van der Waals surface area (Å²) in [6.07, 6.45) is 11.1. The van der Waals surface area contributed by atoms with Crippen molar-refractivity contribution in [3.8, 4) is 0 Å². The Labute approximate surface area is 130 Å². The van der Waals surface area contributed by atoms with Crippen LogP contribution in [0.1, 0.15) is 78.6 Å². The molecule has 0 aliphatic heterocycles. The number of hydrogen-bond acceptors (Lipinski definition) is 2. The van der Waals surface area contributed by atoms with Crippen molar-refractivity contribution in [1.29, 1.82) is 0 Å². The summed E-state index contributed by atoms with van der Waals surface area (Å²) in [5, 5.41) is 18.2. The Morgan fingerprint density at radius 1 is 1.14 bits per heavy atom. The molecule has 2 atom stereocenters. The molecule has 0 radical (unpaired) electrons. The Balaban J connectivity index is 4.08. The predicted molar refractivity (Wildman–Crippen MR) is 88.4 cm³/mol. The third-order valence-corrected chi connectivity index (χ3v) is 4.10. The fourth-order valence-electron chi connectivity index (χ4n) is 2.58. The summed E-state index contributed by atoms with van der Waals surface area (Å²) in [6, 6.07) is 0. The highest BCUT2D eigenvalue weighted by atomic mass is 16.4. The highest BCUT2D eigenvalue weighted by Gasteiger charge is 2.17. The molecule has 2 N–H and O–H groups in total. The molecule has 0 saturated carbocycles. The molecule has 0 spiro atoms. The van der Waals surface area contributed by atoms with Crippen LogP contribution in [0.3, 0.4) is 0 Å². The molecule has 0 saturated heterocycles. The number of allylic oxidation sites excluding steroid dienone is 2. The second kappa shape index (κ2) is 12.9. The van der Waals surface area contributed by atoms with Gasteiger partial charge in [-0.15, -0.1) is 0 Å². The molecule has 0 heterocycles. The zero-order chi connectivity index (χ0) is 16.1. The van der Waals surface area contributed by atoms with Crippen LogP contribution in [0.4, 0.5) is 0 Å². The van der Waals surface area contributed by atoms with Crippen LogP contribution in [0, 0.1) is 11.8 Å². The number of aliphatic carboxylic acids is 1. The first kappa shape index (κ1) is 20.2. The van der Waals surface area contributed by atoms with Crippen molar-refractivity contribution >= 4 is 5.97 Å². The third kappa shape index (κ3) is 11.5. The van der Waals surface area contributed by atoms with Crippen molar-refractivity contribution < 1.29 is 15.0 Å². The summed E-state index contributed by atoms with van der Waals surface area (Å²) in [5.74, 6) is -0.357. The summed E-state index contributed by atoms with van der Waals surface area (Å²) in [7, 11) is 0. The molecular weight excluding hydrogens is 264 g/mol. The van der Waals surface area contributed by atoms with Crippen molar-refractivity contribution in [1.82, 2.24) is 0 Å². The highest BCUT2D eigenvalue weighted by molar-refractivity contribution is 5.70. The normalized spacial score (nSPS) is 15.0. The molecule has 3 nitrogen and oxygen atoms in total. The van der Waals surface area contributed by atoms with Crippen molar-refractivity contribution in [3.05, 3.63) is 11.6 Å². The number of aliphatic hydroxyl groups is 1. The van der Waals surface area contributed by atoms with E-state index in [-0.39, 0.29) is 12.5 Å².